The van der Waals surface area contributed by atoms with E-state index < -0.39 is 5.97 Å². The molecule has 1 aliphatic rings. The van der Waals surface area contributed by atoms with Gasteiger partial charge in [-0.3, -0.25) is 9.69 Å². The van der Waals surface area contributed by atoms with E-state index in [4.69, 9.17) is 4.42 Å². The van der Waals surface area contributed by atoms with Crippen molar-refractivity contribution >= 4 is 28.8 Å². The molecule has 0 bridgehead atoms. The van der Waals surface area contributed by atoms with Gasteiger partial charge in [-0.2, -0.15) is 0 Å². The molecule has 0 unspecified atom stereocenters. The highest BCUT2D eigenvalue weighted by Crippen LogP contribution is 2.33. The largest absolute Gasteiger partial charge is 0.477 e. The fourth-order valence-corrected chi connectivity index (χ4v) is 4.89. The molecule has 2 aromatic heterocycles. The molecule has 36 heavy (non-hydrogen) atoms. The number of carbonyl (C=O) groups is 2. The predicted molar refractivity (Wildman–Crippen MR) is 137 cm³/mol. The molecule has 0 spiro atoms. The number of rotatable bonds is 6. The maximum atomic E-state index is 13.5. The number of para-hydroxylation sites is 2. The number of aromatic carboxylic acids is 1. The summed E-state index contributed by atoms with van der Waals surface area (Å²) in [4.78, 5) is 31.7. The van der Waals surface area contributed by atoms with Gasteiger partial charge in [-0.25, -0.2) is 14.5 Å². The Kier molecular flexibility index (Phi) is 6.35. The zero-order chi connectivity index (χ0) is 25.4. The molecule has 1 N–H and O–H groups in total. The molecular weight excluding hydrogens is 456 g/mol. The van der Waals surface area contributed by atoms with Gasteiger partial charge in [-0.05, 0) is 81.8 Å². The molecule has 0 saturated heterocycles. The van der Waals surface area contributed by atoms with Gasteiger partial charge in [0.25, 0.3) is 0 Å². The summed E-state index contributed by atoms with van der Waals surface area (Å²) < 4.78 is 7.36. The van der Waals surface area contributed by atoms with E-state index >= 15 is 0 Å². The number of anilines is 1. The number of hydrogen-bond donors (Lipinski definition) is 1. The number of carboxylic acid groups (broad SMARTS) is 1. The fraction of sp³-hybridized carbons (Fsp3) is 0.357. The molecule has 0 aliphatic heterocycles. The smallest absolute Gasteiger partial charge is 0.341 e. The van der Waals surface area contributed by atoms with Crippen molar-refractivity contribution in [1.29, 1.82) is 0 Å². The Balaban J connectivity index is 1.46. The number of aromatic nitrogens is 3. The van der Waals surface area contributed by atoms with Gasteiger partial charge in [0.2, 0.25) is 11.8 Å². The lowest BCUT2D eigenvalue weighted by Crippen LogP contribution is -2.43. The molecule has 186 valence electrons. The van der Waals surface area contributed by atoms with E-state index in [-0.39, 0.29) is 29.2 Å². The molecule has 2 aromatic carbocycles. The Morgan fingerprint density at radius 3 is 2.39 bits per heavy atom. The Morgan fingerprint density at radius 1 is 1.06 bits per heavy atom. The summed E-state index contributed by atoms with van der Waals surface area (Å²) in [5.41, 5.74) is 2.97. The number of carbonyl (C=O) groups excluding carboxylic acids is 1. The van der Waals surface area contributed by atoms with Gasteiger partial charge in [0.05, 0.1) is 5.69 Å². The highest BCUT2D eigenvalue weighted by atomic mass is 16.4. The Bertz CT molecular complexity index is 1360. The average Bonchev–Trinajstić information content (AvgIpc) is 3.49. The lowest BCUT2D eigenvalue weighted by Gasteiger charge is -2.32. The molecule has 1 fully saturated rings. The number of oxazole rings is 1. The first-order valence-corrected chi connectivity index (χ1v) is 12.4. The van der Waals surface area contributed by atoms with Crippen LogP contribution in [0, 0.1) is 11.8 Å². The van der Waals surface area contributed by atoms with Gasteiger partial charge in [0, 0.05) is 23.7 Å². The highest BCUT2D eigenvalue weighted by molar-refractivity contribution is 6.01. The molecule has 2 heterocycles. The maximum Gasteiger partial charge on any atom is 0.341 e. The van der Waals surface area contributed by atoms with Gasteiger partial charge < -0.3 is 9.52 Å². The van der Waals surface area contributed by atoms with Gasteiger partial charge in [0.15, 0.2) is 11.4 Å². The monoisotopic (exact) mass is 486 g/mol. The maximum absolute atomic E-state index is 13.5. The van der Waals surface area contributed by atoms with E-state index in [0.717, 1.165) is 36.8 Å². The van der Waals surface area contributed by atoms with Gasteiger partial charge in [-0.1, -0.05) is 19.1 Å². The highest BCUT2D eigenvalue weighted by Gasteiger charge is 2.34. The van der Waals surface area contributed by atoms with Crippen molar-refractivity contribution in [3.63, 3.8) is 0 Å². The van der Waals surface area contributed by atoms with Crippen LogP contribution in [-0.2, 0) is 4.79 Å². The van der Waals surface area contributed by atoms with Crippen LogP contribution in [0.1, 0.15) is 56.8 Å². The van der Waals surface area contributed by atoms with Crippen molar-refractivity contribution in [1.82, 2.24) is 14.8 Å². The number of fused-ring (bicyclic) bond motifs is 1. The molecular formula is C28H30N4O4. The first-order chi connectivity index (χ1) is 17.3. The Labute approximate surface area is 209 Å². The van der Waals surface area contributed by atoms with Crippen molar-refractivity contribution in [3.05, 3.63) is 60.3 Å². The third kappa shape index (κ3) is 4.51. The lowest BCUT2D eigenvalue weighted by molar-refractivity contribution is -0.124. The summed E-state index contributed by atoms with van der Waals surface area (Å²) in [5, 5.41) is 14.5. The summed E-state index contributed by atoms with van der Waals surface area (Å²) in [5.74, 6) is 0.0442. The quantitative estimate of drug-likeness (QED) is 0.362. The van der Waals surface area contributed by atoms with E-state index in [0.29, 0.717) is 23.1 Å². The van der Waals surface area contributed by atoms with E-state index in [1.165, 1.54) is 10.9 Å². The third-order valence-electron chi connectivity index (χ3n) is 6.94. The molecule has 4 aromatic rings. The first kappa shape index (κ1) is 23.8. The van der Waals surface area contributed by atoms with Crippen LogP contribution < -0.4 is 4.90 Å². The number of carboxylic acids is 1. The molecule has 1 aliphatic carbocycles. The van der Waals surface area contributed by atoms with Crippen LogP contribution in [-0.4, -0.2) is 37.8 Å². The second-order valence-corrected chi connectivity index (χ2v) is 9.91. The summed E-state index contributed by atoms with van der Waals surface area (Å²) in [6.45, 7) is 5.99. The van der Waals surface area contributed by atoms with Crippen LogP contribution in [0.5, 0.6) is 0 Å². The molecule has 5 rings (SSSR count). The summed E-state index contributed by atoms with van der Waals surface area (Å²) in [6.07, 6.45) is 5.13. The van der Waals surface area contributed by atoms with Crippen LogP contribution >= 0.6 is 0 Å². The first-order valence-electron chi connectivity index (χ1n) is 12.4. The van der Waals surface area contributed by atoms with Crippen LogP contribution in [0.2, 0.25) is 0 Å². The Morgan fingerprint density at radius 2 is 1.75 bits per heavy atom. The van der Waals surface area contributed by atoms with E-state index in [9.17, 15) is 14.7 Å². The minimum Gasteiger partial charge on any atom is -0.477 e. The third-order valence-corrected chi connectivity index (χ3v) is 6.94. The number of hydrogen-bond acceptors (Lipinski definition) is 5. The molecule has 8 nitrogen and oxygen atoms in total. The minimum absolute atomic E-state index is 0.00394. The van der Waals surface area contributed by atoms with Crippen molar-refractivity contribution < 1.29 is 19.1 Å². The van der Waals surface area contributed by atoms with E-state index in [2.05, 4.69) is 17.0 Å². The van der Waals surface area contributed by atoms with Gasteiger partial charge in [-0.15, -0.1) is 5.10 Å². The van der Waals surface area contributed by atoms with Crippen LogP contribution in [0.25, 0.3) is 28.2 Å². The molecule has 1 amide bonds. The van der Waals surface area contributed by atoms with Crippen LogP contribution in [0.4, 0.5) is 5.82 Å². The second kappa shape index (κ2) is 9.60. The van der Waals surface area contributed by atoms with E-state index in [1.54, 1.807) is 4.90 Å². The standard InChI is InChI=1S/C28H30N4O4/c1-17(2)32(27(33)20-10-8-18(3)9-11-20)25-22(28(34)35)16-31(30-25)21-14-12-19(13-15-21)26-29-23-6-4-5-7-24(23)36-26/h4-7,12-18,20H,8-11H2,1-3H3,(H,34,35). The normalized spacial score (nSPS) is 18.0. The Hall–Kier alpha value is -3.94. The van der Waals surface area contributed by atoms with Crippen molar-refractivity contribution in [2.24, 2.45) is 11.8 Å². The van der Waals surface area contributed by atoms with Crippen LogP contribution in [0.15, 0.2) is 59.1 Å². The SMILES string of the molecule is CC1CCC(C(=O)N(c2nn(-c3ccc(-c4nc5ccccc5o4)cc3)cc2C(=O)O)C(C)C)CC1. The topological polar surface area (TPSA) is 101 Å². The number of nitrogens with zero attached hydrogens (tertiary/aromatic N) is 4. The molecule has 0 radical (unpaired) electrons. The van der Waals surface area contributed by atoms with Crippen molar-refractivity contribution in [2.75, 3.05) is 4.90 Å². The lowest BCUT2D eigenvalue weighted by atomic mass is 9.82. The van der Waals surface area contributed by atoms with E-state index in [1.807, 2.05) is 62.4 Å². The minimum atomic E-state index is -1.12. The summed E-state index contributed by atoms with van der Waals surface area (Å²) >= 11 is 0. The summed E-state index contributed by atoms with van der Waals surface area (Å²) in [6, 6.07) is 14.7. The molecule has 8 heteroatoms. The zero-order valence-corrected chi connectivity index (χ0v) is 20.7. The number of amides is 1. The van der Waals surface area contributed by atoms with Crippen LogP contribution in [0.3, 0.4) is 0 Å². The van der Waals surface area contributed by atoms with Gasteiger partial charge >= 0.3 is 5.97 Å². The fourth-order valence-electron chi connectivity index (χ4n) is 4.89. The van der Waals surface area contributed by atoms with Crippen molar-refractivity contribution in [3.8, 4) is 17.1 Å². The summed E-state index contributed by atoms with van der Waals surface area (Å²) in [7, 11) is 0. The van der Waals surface area contributed by atoms with Crippen molar-refractivity contribution in [2.45, 2.75) is 52.5 Å². The zero-order valence-electron chi connectivity index (χ0n) is 20.7. The molecule has 0 atom stereocenters. The predicted octanol–water partition coefficient (Wildman–Crippen LogP) is 5.95. The second-order valence-electron chi connectivity index (χ2n) is 9.91. The number of benzene rings is 2. The molecule has 1 saturated carbocycles. The van der Waals surface area contributed by atoms with Gasteiger partial charge in [0.1, 0.15) is 11.1 Å². The average molecular weight is 487 g/mol.